The molecule has 2 nitrogen and oxygen atoms in total. The fraction of sp³-hybridized carbons (Fsp3) is 1.00. The van der Waals surface area contributed by atoms with Gasteiger partial charge >= 0.3 is 0 Å². The van der Waals surface area contributed by atoms with E-state index in [9.17, 15) is 0 Å². The summed E-state index contributed by atoms with van der Waals surface area (Å²) in [4.78, 5) is 0. The van der Waals surface area contributed by atoms with E-state index in [1.54, 1.807) is 7.11 Å². The van der Waals surface area contributed by atoms with Crippen LogP contribution < -0.4 is 5.32 Å². The highest BCUT2D eigenvalue weighted by molar-refractivity contribution is 7.98. The van der Waals surface area contributed by atoms with Crippen molar-refractivity contribution in [1.29, 1.82) is 0 Å². The van der Waals surface area contributed by atoms with Gasteiger partial charge in [-0.05, 0) is 60.9 Å². The van der Waals surface area contributed by atoms with Gasteiger partial charge in [0.15, 0.2) is 0 Å². The second kappa shape index (κ2) is 8.65. The predicted octanol–water partition coefficient (Wildman–Crippen LogP) is 4.20. The number of methoxy groups -OCH3 is 1. The largest absolute Gasteiger partial charge is 0.383 e. The van der Waals surface area contributed by atoms with Crippen LogP contribution >= 0.6 is 11.8 Å². The van der Waals surface area contributed by atoms with Crippen LogP contribution in [-0.4, -0.2) is 38.8 Å². The van der Waals surface area contributed by atoms with Crippen molar-refractivity contribution in [2.45, 2.75) is 52.9 Å². The van der Waals surface area contributed by atoms with Gasteiger partial charge in [0.25, 0.3) is 0 Å². The van der Waals surface area contributed by atoms with Gasteiger partial charge in [0.2, 0.25) is 0 Å². The fourth-order valence-corrected chi connectivity index (χ4v) is 4.09. The van der Waals surface area contributed by atoms with Crippen LogP contribution in [0.15, 0.2) is 0 Å². The molecule has 0 saturated heterocycles. The molecule has 0 radical (unpaired) electrons. The van der Waals surface area contributed by atoms with E-state index in [2.05, 4.69) is 32.3 Å². The van der Waals surface area contributed by atoms with Crippen LogP contribution in [0.1, 0.15) is 52.9 Å². The van der Waals surface area contributed by atoms with Gasteiger partial charge in [0.05, 0.1) is 6.61 Å². The van der Waals surface area contributed by atoms with Crippen LogP contribution in [0, 0.1) is 16.7 Å². The van der Waals surface area contributed by atoms with Gasteiger partial charge in [-0.1, -0.05) is 20.8 Å². The summed E-state index contributed by atoms with van der Waals surface area (Å²) >= 11 is 1.99. The maximum Gasteiger partial charge on any atom is 0.0587 e. The normalized spacial score (nSPS) is 27.8. The van der Waals surface area contributed by atoms with E-state index in [0.29, 0.717) is 10.8 Å². The molecule has 0 spiro atoms. The lowest BCUT2D eigenvalue weighted by atomic mass is 9.63. The molecule has 3 heteroatoms. The molecular weight excluding hydrogens is 266 g/mol. The lowest BCUT2D eigenvalue weighted by Crippen LogP contribution is -2.41. The Morgan fingerprint density at radius 2 is 1.90 bits per heavy atom. The number of hydrogen-bond acceptors (Lipinski definition) is 3. The first-order valence-corrected chi connectivity index (χ1v) is 9.51. The zero-order valence-electron chi connectivity index (χ0n) is 14.3. The van der Waals surface area contributed by atoms with E-state index in [1.165, 1.54) is 44.4 Å². The molecule has 1 saturated carbocycles. The van der Waals surface area contributed by atoms with Crippen molar-refractivity contribution in [1.82, 2.24) is 5.32 Å². The Labute approximate surface area is 130 Å². The van der Waals surface area contributed by atoms with Crippen LogP contribution in [0.2, 0.25) is 0 Å². The maximum absolute atomic E-state index is 5.14. The van der Waals surface area contributed by atoms with Crippen LogP contribution in [0.5, 0.6) is 0 Å². The quantitative estimate of drug-likeness (QED) is 0.679. The van der Waals surface area contributed by atoms with Gasteiger partial charge in [-0.3, -0.25) is 0 Å². The Bertz CT molecular complexity index is 254. The second-order valence-electron chi connectivity index (χ2n) is 7.55. The first-order chi connectivity index (χ1) is 9.43. The van der Waals surface area contributed by atoms with Gasteiger partial charge in [-0.2, -0.15) is 11.8 Å². The summed E-state index contributed by atoms with van der Waals surface area (Å²) in [5.74, 6) is 2.20. The monoisotopic (exact) mass is 301 g/mol. The molecule has 120 valence electrons. The van der Waals surface area contributed by atoms with Crippen LogP contribution in [0.3, 0.4) is 0 Å². The third-order valence-corrected chi connectivity index (χ3v) is 5.70. The van der Waals surface area contributed by atoms with Crippen molar-refractivity contribution >= 4 is 11.8 Å². The lowest BCUT2D eigenvalue weighted by molar-refractivity contribution is 0.0822. The first-order valence-electron chi connectivity index (χ1n) is 8.12. The molecule has 1 rings (SSSR count). The molecule has 0 aromatic heterocycles. The van der Waals surface area contributed by atoms with Crippen molar-refractivity contribution in [3.8, 4) is 0 Å². The predicted molar refractivity (Wildman–Crippen MR) is 91.6 cm³/mol. The Balaban J connectivity index is 2.49. The summed E-state index contributed by atoms with van der Waals surface area (Å²) in [6, 6.07) is 0. The zero-order valence-corrected chi connectivity index (χ0v) is 15.1. The third kappa shape index (κ3) is 5.95. The number of nitrogens with one attached hydrogen (secondary N) is 1. The second-order valence-corrected chi connectivity index (χ2v) is 8.54. The number of thioether (sulfide) groups is 1. The van der Waals surface area contributed by atoms with Crippen molar-refractivity contribution in [2.24, 2.45) is 16.7 Å². The molecular formula is C17H35NOS. The summed E-state index contributed by atoms with van der Waals surface area (Å²) < 4.78 is 5.14. The van der Waals surface area contributed by atoms with Gasteiger partial charge in [0, 0.05) is 20.2 Å². The van der Waals surface area contributed by atoms with Gasteiger partial charge in [0.1, 0.15) is 0 Å². The van der Waals surface area contributed by atoms with Crippen LogP contribution in [-0.2, 0) is 4.74 Å². The van der Waals surface area contributed by atoms with Crippen LogP contribution in [0.25, 0.3) is 0 Å². The molecule has 1 aliphatic carbocycles. The van der Waals surface area contributed by atoms with E-state index >= 15 is 0 Å². The van der Waals surface area contributed by atoms with E-state index < -0.39 is 0 Å². The Kier molecular flexibility index (Phi) is 7.92. The molecule has 0 aromatic rings. The minimum atomic E-state index is 0.481. The van der Waals surface area contributed by atoms with Crippen molar-refractivity contribution in [3.05, 3.63) is 0 Å². The average Bonchev–Trinajstić information content (AvgIpc) is 2.41. The third-order valence-electron chi connectivity index (χ3n) is 5.09. The molecule has 0 amide bonds. The molecule has 20 heavy (non-hydrogen) atoms. The SMILES string of the molecule is COCCNCC1(CCSC)CCC(C(C)(C)C)CC1. The van der Waals surface area contributed by atoms with Gasteiger partial charge in [-0.25, -0.2) is 0 Å². The Morgan fingerprint density at radius 1 is 1.25 bits per heavy atom. The number of hydrogen-bond donors (Lipinski definition) is 1. The van der Waals surface area contributed by atoms with E-state index in [1.807, 2.05) is 11.8 Å². The van der Waals surface area contributed by atoms with Crippen LogP contribution in [0.4, 0.5) is 0 Å². The minimum absolute atomic E-state index is 0.481. The molecule has 0 aromatic carbocycles. The molecule has 1 aliphatic rings. The van der Waals surface area contributed by atoms with Crippen molar-refractivity contribution < 1.29 is 4.74 Å². The fourth-order valence-electron chi connectivity index (χ4n) is 3.46. The average molecular weight is 302 g/mol. The summed E-state index contributed by atoms with van der Waals surface area (Å²) in [6.45, 7) is 10.2. The van der Waals surface area contributed by atoms with E-state index in [-0.39, 0.29) is 0 Å². The summed E-state index contributed by atoms with van der Waals surface area (Å²) in [5.41, 5.74) is 1.02. The summed E-state index contributed by atoms with van der Waals surface area (Å²) in [6.07, 6.45) is 9.20. The maximum atomic E-state index is 5.14. The Morgan fingerprint density at radius 3 is 2.40 bits per heavy atom. The number of ether oxygens (including phenoxy) is 1. The van der Waals surface area contributed by atoms with Crippen molar-refractivity contribution in [3.63, 3.8) is 0 Å². The number of rotatable bonds is 8. The molecule has 0 aliphatic heterocycles. The lowest BCUT2D eigenvalue weighted by Gasteiger charge is -2.44. The zero-order chi connectivity index (χ0) is 15.1. The summed E-state index contributed by atoms with van der Waals surface area (Å²) in [7, 11) is 1.78. The Hall–Kier alpha value is 0.270. The van der Waals surface area contributed by atoms with E-state index in [4.69, 9.17) is 4.74 Å². The topological polar surface area (TPSA) is 21.3 Å². The summed E-state index contributed by atoms with van der Waals surface area (Å²) in [5, 5.41) is 3.63. The molecule has 0 bridgehead atoms. The standard InChI is InChI=1S/C17H35NOS/c1-16(2,3)15-6-8-17(9-7-15,10-13-20-5)14-18-11-12-19-4/h15,18H,6-14H2,1-5H3. The molecule has 0 heterocycles. The highest BCUT2D eigenvalue weighted by atomic mass is 32.2. The highest BCUT2D eigenvalue weighted by Gasteiger charge is 2.37. The smallest absolute Gasteiger partial charge is 0.0587 e. The molecule has 1 N–H and O–H groups in total. The highest BCUT2D eigenvalue weighted by Crippen LogP contribution is 2.47. The van der Waals surface area contributed by atoms with Crippen molar-refractivity contribution in [2.75, 3.05) is 38.8 Å². The minimum Gasteiger partial charge on any atom is -0.383 e. The van der Waals surface area contributed by atoms with Gasteiger partial charge in [-0.15, -0.1) is 0 Å². The van der Waals surface area contributed by atoms with Gasteiger partial charge < -0.3 is 10.1 Å². The first kappa shape index (κ1) is 18.3. The molecule has 0 atom stereocenters. The molecule has 0 unspecified atom stereocenters. The van der Waals surface area contributed by atoms with E-state index in [0.717, 1.165) is 19.1 Å². The molecule has 1 fully saturated rings.